The van der Waals surface area contributed by atoms with Crippen LogP contribution in [-0.2, 0) is 9.53 Å². The molecule has 5 heteroatoms. The van der Waals surface area contributed by atoms with Crippen molar-refractivity contribution in [2.24, 2.45) is 0 Å². The Hall–Kier alpha value is -3.99. The van der Waals surface area contributed by atoms with Gasteiger partial charge in [-0.15, -0.1) is 0 Å². The van der Waals surface area contributed by atoms with Crippen molar-refractivity contribution in [1.29, 1.82) is 0 Å². The largest absolute Gasteiger partial charge is 0.454 e. The fourth-order valence-electron chi connectivity index (χ4n) is 3.46. The van der Waals surface area contributed by atoms with Crippen LogP contribution in [0.3, 0.4) is 0 Å². The average molecular weight is 397 g/mol. The second-order valence-corrected chi connectivity index (χ2v) is 6.95. The molecule has 5 nitrogen and oxygen atoms in total. The molecule has 0 radical (unpaired) electrons. The number of esters is 1. The van der Waals surface area contributed by atoms with Crippen molar-refractivity contribution in [2.75, 3.05) is 11.9 Å². The van der Waals surface area contributed by atoms with E-state index in [0.29, 0.717) is 16.8 Å². The molecule has 1 N–H and O–H groups in total. The second-order valence-electron chi connectivity index (χ2n) is 6.95. The van der Waals surface area contributed by atoms with E-state index in [2.05, 4.69) is 5.32 Å². The molecular formula is C25H19NO4. The molecule has 0 aliphatic carbocycles. The summed E-state index contributed by atoms with van der Waals surface area (Å²) in [4.78, 5) is 36.5. The first kappa shape index (κ1) is 19.3. The summed E-state index contributed by atoms with van der Waals surface area (Å²) < 4.78 is 5.40. The highest BCUT2D eigenvalue weighted by atomic mass is 16.5. The molecule has 4 rings (SSSR count). The molecule has 0 aliphatic heterocycles. The van der Waals surface area contributed by atoms with Gasteiger partial charge in [-0.05, 0) is 51.9 Å². The van der Waals surface area contributed by atoms with Gasteiger partial charge < -0.3 is 10.1 Å². The first-order valence-electron chi connectivity index (χ1n) is 9.51. The molecule has 148 valence electrons. The zero-order chi connectivity index (χ0) is 21.1. The smallest absolute Gasteiger partial charge is 0.339 e. The third-order valence-corrected chi connectivity index (χ3v) is 4.84. The highest BCUT2D eigenvalue weighted by Gasteiger charge is 2.18. The Kier molecular flexibility index (Phi) is 5.26. The van der Waals surface area contributed by atoms with Crippen LogP contribution in [0.2, 0.25) is 0 Å². The standard InChI is InChI=1S/C25H19NO4/c1-16(27)26-20-12-10-17(11-13-20)23(28)15-30-25(29)24-21-8-4-2-6-18(21)14-19-7-3-5-9-22(19)24/h2-14H,15H2,1H3,(H,26,27). The fraction of sp³-hybridized carbons (Fsp3) is 0.0800. The van der Waals surface area contributed by atoms with E-state index in [0.717, 1.165) is 21.5 Å². The molecule has 0 fully saturated rings. The maximum absolute atomic E-state index is 13.0. The minimum atomic E-state index is -0.536. The minimum Gasteiger partial charge on any atom is -0.454 e. The number of hydrogen-bond donors (Lipinski definition) is 1. The molecule has 0 bridgehead atoms. The maximum Gasteiger partial charge on any atom is 0.339 e. The van der Waals surface area contributed by atoms with Crippen molar-refractivity contribution in [3.05, 3.63) is 90.0 Å². The summed E-state index contributed by atoms with van der Waals surface area (Å²) >= 11 is 0. The highest BCUT2D eigenvalue weighted by molar-refractivity contribution is 6.17. The van der Waals surface area contributed by atoms with Crippen molar-refractivity contribution in [3.8, 4) is 0 Å². The number of amides is 1. The monoisotopic (exact) mass is 397 g/mol. The number of rotatable bonds is 5. The molecule has 1 amide bonds. The van der Waals surface area contributed by atoms with Gasteiger partial charge in [0.25, 0.3) is 0 Å². The summed E-state index contributed by atoms with van der Waals surface area (Å²) in [6, 6.07) is 23.7. The van der Waals surface area contributed by atoms with Crippen molar-refractivity contribution in [1.82, 2.24) is 0 Å². The number of hydrogen-bond acceptors (Lipinski definition) is 4. The van der Waals surface area contributed by atoms with E-state index in [-0.39, 0.29) is 18.3 Å². The quantitative estimate of drug-likeness (QED) is 0.292. The van der Waals surface area contributed by atoms with Crippen LogP contribution in [0.15, 0.2) is 78.9 Å². The van der Waals surface area contributed by atoms with Gasteiger partial charge in [0.2, 0.25) is 5.91 Å². The van der Waals surface area contributed by atoms with Crippen LogP contribution in [0.1, 0.15) is 27.6 Å². The van der Waals surface area contributed by atoms with E-state index in [4.69, 9.17) is 4.74 Å². The summed E-state index contributed by atoms with van der Waals surface area (Å²) in [7, 11) is 0. The molecule has 30 heavy (non-hydrogen) atoms. The number of nitrogens with one attached hydrogen (secondary N) is 1. The van der Waals surface area contributed by atoms with Crippen molar-refractivity contribution in [2.45, 2.75) is 6.92 Å². The first-order valence-corrected chi connectivity index (χ1v) is 9.51. The van der Waals surface area contributed by atoms with E-state index >= 15 is 0 Å². The molecule has 0 atom stereocenters. The van der Waals surface area contributed by atoms with Crippen LogP contribution in [-0.4, -0.2) is 24.3 Å². The van der Waals surface area contributed by atoms with Crippen LogP contribution >= 0.6 is 0 Å². The SMILES string of the molecule is CC(=O)Nc1ccc(C(=O)COC(=O)c2c3ccccc3cc3ccccc23)cc1. The second kappa shape index (κ2) is 8.17. The Balaban J connectivity index is 1.57. The predicted molar refractivity (Wildman–Crippen MR) is 117 cm³/mol. The van der Waals surface area contributed by atoms with Crippen LogP contribution in [0, 0.1) is 0 Å². The van der Waals surface area contributed by atoms with Crippen molar-refractivity contribution >= 4 is 44.9 Å². The molecule has 4 aromatic carbocycles. The van der Waals surface area contributed by atoms with Gasteiger partial charge in [0.05, 0.1) is 5.56 Å². The lowest BCUT2D eigenvalue weighted by atomic mass is 9.97. The zero-order valence-electron chi connectivity index (χ0n) is 16.3. The summed E-state index contributed by atoms with van der Waals surface area (Å²) in [5.74, 6) is -1.04. The number of benzene rings is 4. The van der Waals surface area contributed by atoms with Gasteiger partial charge in [0.15, 0.2) is 12.4 Å². The molecule has 0 saturated carbocycles. The third-order valence-electron chi connectivity index (χ3n) is 4.84. The predicted octanol–water partition coefficient (Wildman–Crippen LogP) is 4.99. The Labute approximate surface area is 173 Å². The lowest BCUT2D eigenvalue weighted by molar-refractivity contribution is -0.114. The Morgan fingerprint density at radius 3 is 1.93 bits per heavy atom. The molecule has 0 unspecified atom stereocenters. The highest BCUT2D eigenvalue weighted by Crippen LogP contribution is 2.29. The number of Topliss-reactive ketones (excluding diaryl/α,β-unsaturated/α-hetero) is 1. The van der Waals surface area contributed by atoms with Crippen LogP contribution in [0.5, 0.6) is 0 Å². The number of ketones is 1. The van der Waals surface area contributed by atoms with E-state index in [1.165, 1.54) is 6.92 Å². The Morgan fingerprint density at radius 2 is 1.37 bits per heavy atom. The first-order chi connectivity index (χ1) is 14.5. The van der Waals surface area contributed by atoms with Gasteiger partial charge in [-0.2, -0.15) is 0 Å². The van der Waals surface area contributed by atoms with E-state index in [9.17, 15) is 14.4 Å². The number of carbonyl (C=O) groups is 3. The molecule has 0 aliphatic rings. The van der Waals surface area contributed by atoms with Gasteiger partial charge in [-0.1, -0.05) is 48.5 Å². The van der Waals surface area contributed by atoms with Crippen LogP contribution < -0.4 is 5.32 Å². The van der Waals surface area contributed by atoms with Gasteiger partial charge in [-0.3, -0.25) is 9.59 Å². The number of fused-ring (bicyclic) bond motifs is 2. The molecular weight excluding hydrogens is 378 g/mol. The number of carbonyl (C=O) groups excluding carboxylic acids is 3. The van der Waals surface area contributed by atoms with Gasteiger partial charge in [0, 0.05) is 18.2 Å². The number of anilines is 1. The van der Waals surface area contributed by atoms with Gasteiger partial charge in [0.1, 0.15) is 0 Å². The van der Waals surface area contributed by atoms with E-state index in [1.807, 2.05) is 54.6 Å². The van der Waals surface area contributed by atoms with Gasteiger partial charge >= 0.3 is 5.97 Å². The third kappa shape index (κ3) is 3.91. The van der Waals surface area contributed by atoms with Crippen molar-refractivity contribution < 1.29 is 19.1 Å². The van der Waals surface area contributed by atoms with Crippen LogP contribution in [0.25, 0.3) is 21.5 Å². The maximum atomic E-state index is 13.0. The molecule has 4 aromatic rings. The molecule has 0 saturated heterocycles. The van der Waals surface area contributed by atoms with Crippen LogP contribution in [0.4, 0.5) is 5.69 Å². The van der Waals surface area contributed by atoms with Gasteiger partial charge in [-0.25, -0.2) is 4.79 Å². The van der Waals surface area contributed by atoms with Crippen molar-refractivity contribution in [3.63, 3.8) is 0 Å². The zero-order valence-corrected chi connectivity index (χ0v) is 16.3. The lowest BCUT2D eigenvalue weighted by Gasteiger charge is -2.11. The normalized spacial score (nSPS) is 10.7. The summed E-state index contributed by atoms with van der Waals surface area (Å²) in [5, 5.41) is 6.08. The van der Waals surface area contributed by atoms with E-state index in [1.54, 1.807) is 24.3 Å². The Bertz CT molecular complexity index is 1220. The van der Waals surface area contributed by atoms with E-state index < -0.39 is 5.97 Å². The molecule has 0 heterocycles. The fourth-order valence-corrected chi connectivity index (χ4v) is 3.46. The lowest BCUT2D eigenvalue weighted by Crippen LogP contribution is -2.15. The minimum absolute atomic E-state index is 0.190. The molecule has 0 aromatic heterocycles. The average Bonchev–Trinajstić information content (AvgIpc) is 2.75. The summed E-state index contributed by atoms with van der Waals surface area (Å²) in [5.41, 5.74) is 1.45. The summed E-state index contributed by atoms with van der Waals surface area (Å²) in [6.07, 6.45) is 0. The topological polar surface area (TPSA) is 72.5 Å². The number of ether oxygens (including phenoxy) is 1. The summed E-state index contributed by atoms with van der Waals surface area (Å²) in [6.45, 7) is 1.05. The molecule has 0 spiro atoms. The Morgan fingerprint density at radius 1 is 0.800 bits per heavy atom.